The molecule has 0 fully saturated rings. The van der Waals surface area contributed by atoms with Crippen LogP contribution in [0.3, 0.4) is 0 Å². The third-order valence-corrected chi connectivity index (χ3v) is 2.83. The summed E-state index contributed by atoms with van der Waals surface area (Å²) in [6.45, 7) is 17.2. The smallest absolute Gasteiger partial charge is 0.0765 e. The first-order valence-electron chi connectivity index (χ1n) is 5.68. The Kier molecular flexibility index (Phi) is 3.27. The van der Waals surface area contributed by atoms with Crippen molar-refractivity contribution in [2.75, 3.05) is 6.54 Å². The van der Waals surface area contributed by atoms with Gasteiger partial charge in [-0.2, -0.15) is 5.10 Å². The van der Waals surface area contributed by atoms with Gasteiger partial charge in [0.2, 0.25) is 0 Å². The van der Waals surface area contributed by atoms with E-state index in [4.69, 9.17) is 0 Å². The number of hydrogen-bond acceptors (Lipinski definition) is 2. The molecule has 0 N–H and O–H groups in total. The van der Waals surface area contributed by atoms with Gasteiger partial charge in [0, 0.05) is 6.20 Å². The maximum absolute atomic E-state index is 4.60. The van der Waals surface area contributed by atoms with Gasteiger partial charge in [-0.1, -0.05) is 20.8 Å². The lowest BCUT2D eigenvalue weighted by Gasteiger charge is -2.23. The Balaban J connectivity index is 3.15. The van der Waals surface area contributed by atoms with Gasteiger partial charge in [-0.25, -0.2) is 0 Å². The van der Waals surface area contributed by atoms with Crippen LogP contribution in [0.15, 0.2) is 11.2 Å². The van der Waals surface area contributed by atoms with Crippen LogP contribution in [-0.2, 0) is 11.0 Å². The van der Waals surface area contributed by atoms with Gasteiger partial charge < -0.3 is 0 Å². The van der Waals surface area contributed by atoms with E-state index in [-0.39, 0.29) is 11.0 Å². The number of nitrogens with zero attached hydrogens (tertiary/aromatic N) is 3. The first kappa shape index (κ1) is 12.9. The maximum Gasteiger partial charge on any atom is 0.0765 e. The highest BCUT2D eigenvalue weighted by atomic mass is 15.3. The van der Waals surface area contributed by atoms with Crippen LogP contribution < -0.4 is 0 Å². The lowest BCUT2D eigenvalue weighted by atomic mass is 9.87. The van der Waals surface area contributed by atoms with E-state index >= 15 is 0 Å². The summed E-state index contributed by atoms with van der Waals surface area (Å²) in [4.78, 5) is 3.97. The molecule has 3 nitrogen and oxygen atoms in total. The van der Waals surface area contributed by atoms with Gasteiger partial charge in [0.1, 0.15) is 0 Å². The molecule has 0 unspecified atom stereocenters. The van der Waals surface area contributed by atoms with E-state index in [1.54, 1.807) is 0 Å². The zero-order chi connectivity index (χ0) is 12.6. The Bertz CT molecular complexity index is 380. The average Bonchev–Trinajstić information content (AvgIpc) is 2.46. The molecular formula is C13H23N3. The molecule has 0 saturated carbocycles. The van der Waals surface area contributed by atoms with Crippen LogP contribution >= 0.6 is 0 Å². The van der Waals surface area contributed by atoms with E-state index < -0.39 is 0 Å². The van der Waals surface area contributed by atoms with Crippen LogP contribution in [0.2, 0.25) is 0 Å². The molecule has 0 bridgehead atoms. The highest BCUT2D eigenvalue weighted by molar-refractivity contribution is 5.25. The molecule has 0 aliphatic heterocycles. The minimum Gasteiger partial charge on any atom is -0.298 e. The van der Waals surface area contributed by atoms with Crippen molar-refractivity contribution in [1.82, 2.24) is 9.78 Å². The zero-order valence-corrected chi connectivity index (χ0v) is 11.3. The van der Waals surface area contributed by atoms with Crippen LogP contribution in [0.25, 0.3) is 0 Å². The zero-order valence-electron chi connectivity index (χ0n) is 11.3. The Morgan fingerprint density at radius 1 is 1.31 bits per heavy atom. The van der Waals surface area contributed by atoms with Crippen molar-refractivity contribution in [2.24, 2.45) is 4.99 Å². The Morgan fingerprint density at radius 2 is 1.88 bits per heavy atom. The molecule has 0 radical (unpaired) electrons. The summed E-state index contributed by atoms with van der Waals surface area (Å²) >= 11 is 0. The van der Waals surface area contributed by atoms with E-state index in [1.807, 2.05) is 4.68 Å². The summed E-state index contributed by atoms with van der Waals surface area (Å²) in [6, 6.07) is 0. The van der Waals surface area contributed by atoms with Gasteiger partial charge in [-0.3, -0.25) is 9.67 Å². The first-order chi connectivity index (χ1) is 7.18. The van der Waals surface area contributed by atoms with Crippen molar-refractivity contribution >= 4 is 6.72 Å². The fourth-order valence-corrected chi connectivity index (χ4v) is 1.85. The lowest BCUT2D eigenvalue weighted by molar-refractivity contribution is 0.330. The summed E-state index contributed by atoms with van der Waals surface area (Å²) in [7, 11) is 0. The molecule has 1 aromatic rings. The molecule has 0 aliphatic carbocycles. The van der Waals surface area contributed by atoms with E-state index in [2.05, 4.69) is 64.5 Å². The predicted molar refractivity (Wildman–Crippen MR) is 69.4 cm³/mol. The number of aryl methyl sites for hydroxylation is 1. The third-order valence-electron chi connectivity index (χ3n) is 2.83. The molecule has 0 spiro atoms. The minimum absolute atomic E-state index is 0.101. The van der Waals surface area contributed by atoms with E-state index in [1.165, 1.54) is 5.56 Å². The fourth-order valence-electron chi connectivity index (χ4n) is 1.85. The molecule has 90 valence electrons. The molecule has 1 heterocycles. The molecule has 1 rings (SSSR count). The van der Waals surface area contributed by atoms with Gasteiger partial charge in [-0.05, 0) is 38.5 Å². The van der Waals surface area contributed by atoms with Crippen LogP contribution in [0.1, 0.15) is 45.9 Å². The van der Waals surface area contributed by atoms with Crippen molar-refractivity contribution in [2.45, 2.75) is 52.5 Å². The van der Waals surface area contributed by atoms with Gasteiger partial charge >= 0.3 is 0 Å². The summed E-state index contributed by atoms with van der Waals surface area (Å²) < 4.78 is 2.01. The third kappa shape index (κ3) is 2.52. The molecule has 0 saturated heterocycles. The minimum atomic E-state index is -0.101. The number of hydrogen-bond donors (Lipinski definition) is 0. The molecule has 0 atom stereocenters. The maximum atomic E-state index is 4.60. The van der Waals surface area contributed by atoms with Crippen LogP contribution in [0.4, 0.5) is 0 Å². The second-order valence-electron chi connectivity index (χ2n) is 6.02. The van der Waals surface area contributed by atoms with Crippen LogP contribution in [0, 0.1) is 6.92 Å². The Hall–Kier alpha value is -1.12. The average molecular weight is 221 g/mol. The fraction of sp³-hybridized carbons (Fsp3) is 0.692. The van der Waals surface area contributed by atoms with E-state index in [9.17, 15) is 0 Å². The van der Waals surface area contributed by atoms with Gasteiger partial charge in [0.05, 0.1) is 17.8 Å². The van der Waals surface area contributed by atoms with Crippen LogP contribution in [0.5, 0.6) is 0 Å². The van der Waals surface area contributed by atoms with Crippen molar-refractivity contribution in [1.29, 1.82) is 0 Å². The van der Waals surface area contributed by atoms with Crippen molar-refractivity contribution in [3.63, 3.8) is 0 Å². The van der Waals surface area contributed by atoms with E-state index in [0.29, 0.717) is 6.54 Å². The Morgan fingerprint density at radius 3 is 2.25 bits per heavy atom. The SMILES string of the molecule is C=NCC(C)(C)n1cc(C(C)(C)C)c(C)n1. The summed E-state index contributed by atoms with van der Waals surface area (Å²) in [5, 5.41) is 4.60. The lowest BCUT2D eigenvalue weighted by Crippen LogP contribution is -2.30. The van der Waals surface area contributed by atoms with Gasteiger partial charge in [-0.15, -0.1) is 0 Å². The van der Waals surface area contributed by atoms with Crippen molar-refractivity contribution in [3.8, 4) is 0 Å². The molecule has 0 aromatic carbocycles. The molecule has 0 amide bonds. The summed E-state index contributed by atoms with van der Waals surface area (Å²) in [6.07, 6.45) is 2.14. The van der Waals surface area contributed by atoms with Crippen molar-refractivity contribution in [3.05, 3.63) is 17.5 Å². The number of aromatic nitrogens is 2. The number of rotatable bonds is 3. The quantitative estimate of drug-likeness (QED) is 0.722. The van der Waals surface area contributed by atoms with Crippen molar-refractivity contribution < 1.29 is 0 Å². The molecular weight excluding hydrogens is 198 g/mol. The second kappa shape index (κ2) is 4.04. The predicted octanol–water partition coefficient (Wildman–Crippen LogP) is 2.92. The molecule has 16 heavy (non-hydrogen) atoms. The summed E-state index contributed by atoms with van der Waals surface area (Å²) in [5.74, 6) is 0. The standard InChI is InChI=1S/C13H23N3/c1-10-11(12(2,3)4)8-16(15-10)13(5,6)9-14-7/h8H,7,9H2,1-6H3. The number of aliphatic imine (C=N–C) groups is 1. The highest BCUT2D eigenvalue weighted by Crippen LogP contribution is 2.27. The largest absolute Gasteiger partial charge is 0.298 e. The monoisotopic (exact) mass is 221 g/mol. The normalized spacial score (nSPS) is 12.9. The summed E-state index contributed by atoms with van der Waals surface area (Å²) in [5.41, 5.74) is 2.44. The second-order valence-corrected chi connectivity index (χ2v) is 6.02. The van der Waals surface area contributed by atoms with Gasteiger partial charge in [0.25, 0.3) is 0 Å². The molecule has 0 aliphatic rings. The molecule has 1 aromatic heterocycles. The van der Waals surface area contributed by atoms with Gasteiger partial charge in [0.15, 0.2) is 0 Å². The highest BCUT2D eigenvalue weighted by Gasteiger charge is 2.25. The topological polar surface area (TPSA) is 30.2 Å². The van der Waals surface area contributed by atoms with E-state index in [0.717, 1.165) is 5.69 Å². The first-order valence-corrected chi connectivity index (χ1v) is 5.68. The van der Waals surface area contributed by atoms with Crippen LogP contribution in [-0.4, -0.2) is 23.0 Å². The molecule has 3 heteroatoms. The Labute approximate surface area is 98.6 Å².